The Bertz CT molecular complexity index is 1330. The summed E-state index contributed by atoms with van der Waals surface area (Å²) < 4.78 is 12.5. The highest BCUT2D eigenvalue weighted by Crippen LogP contribution is 2.41. The molecule has 1 saturated heterocycles. The monoisotopic (exact) mass is 653 g/mol. The molecule has 0 aromatic heterocycles. The molecule has 1 aliphatic heterocycles. The summed E-state index contributed by atoms with van der Waals surface area (Å²) in [5.74, 6) is 0.758. The van der Waals surface area contributed by atoms with E-state index >= 15 is 0 Å². The van der Waals surface area contributed by atoms with Crippen molar-refractivity contribution >= 4 is 56.4 Å². The van der Waals surface area contributed by atoms with Crippen molar-refractivity contribution in [3.63, 3.8) is 0 Å². The van der Waals surface area contributed by atoms with Crippen molar-refractivity contribution < 1.29 is 19.1 Å². The van der Waals surface area contributed by atoms with E-state index in [2.05, 4.69) is 21.2 Å². The second-order valence-corrected chi connectivity index (χ2v) is 13.1. The van der Waals surface area contributed by atoms with Gasteiger partial charge in [-0.3, -0.25) is 19.5 Å². The summed E-state index contributed by atoms with van der Waals surface area (Å²) in [6, 6.07) is 11.8. The molecule has 3 aliphatic rings. The van der Waals surface area contributed by atoms with Crippen LogP contribution in [0.15, 0.2) is 50.8 Å². The molecule has 1 N–H and O–H groups in total. The third-order valence-electron chi connectivity index (χ3n) is 7.99. The van der Waals surface area contributed by atoms with Gasteiger partial charge in [0.15, 0.2) is 23.3 Å². The topological polar surface area (TPSA) is 80.2 Å². The Morgan fingerprint density at radius 1 is 1.02 bits per heavy atom. The number of carbonyl (C=O) groups excluding carboxylic acids is 2. The smallest absolute Gasteiger partial charge is 0.267 e. The molecule has 5 rings (SSSR count). The molecule has 3 fully saturated rings. The van der Waals surface area contributed by atoms with Crippen LogP contribution in [0.5, 0.6) is 11.5 Å². The fraction of sp³-hybridized carbons (Fsp3) is 0.485. The number of amidine groups is 1. The van der Waals surface area contributed by atoms with E-state index in [4.69, 9.17) is 14.5 Å². The first kappa shape index (κ1) is 30.7. The lowest BCUT2D eigenvalue weighted by Gasteiger charge is -2.31. The largest absolute Gasteiger partial charge is 0.490 e. The molecular weight excluding hydrogens is 614 g/mol. The highest BCUT2D eigenvalue weighted by atomic mass is 79.9. The minimum absolute atomic E-state index is 0.0411. The summed E-state index contributed by atoms with van der Waals surface area (Å²) in [6.07, 6.45) is 13.4. The van der Waals surface area contributed by atoms with Crippen molar-refractivity contribution in [2.75, 3.05) is 18.5 Å². The standard InChI is InChI=1S/C33H40BrN3O4S/c1-3-40-28-18-23(27(34)20-29(28)41-21-31(38)35-25-16-14-22(2)15-17-25)19-30-32(39)37(26-12-8-5-9-13-26)33(42-30)36-24-10-6-4-7-11-24/h14-20,24,26H,3-13,21H2,1-2H3,(H,35,38). The fourth-order valence-electron chi connectivity index (χ4n) is 5.77. The molecule has 0 atom stereocenters. The molecule has 0 bridgehead atoms. The van der Waals surface area contributed by atoms with Gasteiger partial charge in [0.1, 0.15) is 0 Å². The zero-order valence-electron chi connectivity index (χ0n) is 24.5. The Labute approximate surface area is 261 Å². The van der Waals surface area contributed by atoms with Gasteiger partial charge in [-0.1, -0.05) is 72.2 Å². The van der Waals surface area contributed by atoms with E-state index < -0.39 is 0 Å². The van der Waals surface area contributed by atoms with Crippen LogP contribution in [-0.2, 0) is 9.59 Å². The summed E-state index contributed by atoms with van der Waals surface area (Å²) in [5, 5.41) is 3.72. The van der Waals surface area contributed by atoms with Crippen molar-refractivity contribution in [3.8, 4) is 11.5 Å². The van der Waals surface area contributed by atoms with Crippen molar-refractivity contribution in [3.05, 3.63) is 56.9 Å². The van der Waals surface area contributed by atoms with Crippen molar-refractivity contribution in [1.82, 2.24) is 4.90 Å². The number of ether oxygens (including phenoxy) is 2. The molecule has 2 aromatic rings. The first-order valence-electron chi connectivity index (χ1n) is 15.2. The van der Waals surface area contributed by atoms with Crippen LogP contribution in [0, 0.1) is 6.92 Å². The minimum Gasteiger partial charge on any atom is -0.490 e. The van der Waals surface area contributed by atoms with Gasteiger partial charge in [0.2, 0.25) is 0 Å². The average Bonchev–Trinajstić information content (AvgIpc) is 3.30. The van der Waals surface area contributed by atoms with Gasteiger partial charge in [-0.25, -0.2) is 0 Å². The number of aryl methyl sites for hydroxylation is 1. The molecule has 42 heavy (non-hydrogen) atoms. The van der Waals surface area contributed by atoms with E-state index in [1.807, 2.05) is 55.2 Å². The Morgan fingerprint density at radius 3 is 2.38 bits per heavy atom. The number of thioether (sulfide) groups is 1. The third-order valence-corrected chi connectivity index (χ3v) is 9.67. The summed E-state index contributed by atoms with van der Waals surface area (Å²) in [6.45, 7) is 4.18. The Balaban J connectivity index is 1.35. The first-order chi connectivity index (χ1) is 20.4. The number of nitrogens with one attached hydrogen (secondary N) is 1. The van der Waals surface area contributed by atoms with Crippen LogP contribution in [-0.4, -0.2) is 47.2 Å². The van der Waals surface area contributed by atoms with E-state index in [-0.39, 0.29) is 24.5 Å². The van der Waals surface area contributed by atoms with Crippen LogP contribution in [0.2, 0.25) is 0 Å². The Kier molecular flexibility index (Phi) is 10.7. The summed E-state index contributed by atoms with van der Waals surface area (Å²) in [7, 11) is 0. The lowest BCUT2D eigenvalue weighted by molar-refractivity contribution is -0.124. The van der Waals surface area contributed by atoms with Gasteiger partial charge < -0.3 is 14.8 Å². The number of hydrogen-bond acceptors (Lipinski definition) is 6. The van der Waals surface area contributed by atoms with Crippen molar-refractivity contribution in [1.29, 1.82) is 0 Å². The van der Waals surface area contributed by atoms with Gasteiger partial charge in [0.05, 0.1) is 17.6 Å². The molecule has 2 aliphatic carbocycles. The molecule has 0 unspecified atom stereocenters. The number of amides is 2. The summed E-state index contributed by atoms with van der Waals surface area (Å²) >= 11 is 5.17. The highest BCUT2D eigenvalue weighted by molar-refractivity contribution is 9.10. The summed E-state index contributed by atoms with van der Waals surface area (Å²) in [5.41, 5.74) is 2.65. The first-order valence-corrected chi connectivity index (χ1v) is 16.8. The fourth-order valence-corrected chi connectivity index (χ4v) is 7.30. The van der Waals surface area contributed by atoms with Gasteiger partial charge in [0, 0.05) is 16.2 Å². The lowest BCUT2D eigenvalue weighted by atomic mass is 9.94. The van der Waals surface area contributed by atoms with E-state index in [0.717, 1.165) is 65.0 Å². The van der Waals surface area contributed by atoms with Crippen molar-refractivity contribution in [2.24, 2.45) is 4.99 Å². The molecular formula is C33H40BrN3O4S. The van der Waals surface area contributed by atoms with E-state index in [0.29, 0.717) is 29.1 Å². The van der Waals surface area contributed by atoms with Crippen LogP contribution in [0.4, 0.5) is 5.69 Å². The van der Waals surface area contributed by atoms with Gasteiger partial charge in [-0.15, -0.1) is 0 Å². The maximum absolute atomic E-state index is 13.8. The second kappa shape index (κ2) is 14.6. The van der Waals surface area contributed by atoms with Gasteiger partial charge >= 0.3 is 0 Å². The van der Waals surface area contributed by atoms with Crippen LogP contribution in [0.25, 0.3) is 6.08 Å². The maximum Gasteiger partial charge on any atom is 0.267 e. The highest BCUT2D eigenvalue weighted by Gasteiger charge is 2.39. The van der Waals surface area contributed by atoms with Gasteiger partial charge in [-0.05, 0) is 87.2 Å². The number of hydrogen-bond donors (Lipinski definition) is 1. The predicted octanol–water partition coefficient (Wildman–Crippen LogP) is 8.11. The van der Waals surface area contributed by atoms with Gasteiger partial charge in [0.25, 0.3) is 11.8 Å². The SMILES string of the molecule is CCOc1cc(C=C2SC(=NC3CCCCC3)N(C3CCCCC3)C2=O)c(Br)cc1OCC(=O)Nc1ccc(C)cc1. The molecule has 2 aromatic carbocycles. The summed E-state index contributed by atoms with van der Waals surface area (Å²) in [4.78, 5) is 34.2. The number of carbonyl (C=O) groups is 2. The van der Waals surface area contributed by atoms with E-state index in [1.165, 1.54) is 37.4 Å². The quantitative estimate of drug-likeness (QED) is 0.277. The van der Waals surface area contributed by atoms with Crippen LogP contribution in [0.3, 0.4) is 0 Å². The molecule has 1 heterocycles. The third kappa shape index (κ3) is 7.78. The van der Waals surface area contributed by atoms with Crippen LogP contribution < -0.4 is 14.8 Å². The number of nitrogens with zero attached hydrogens (tertiary/aromatic N) is 2. The molecule has 2 amide bonds. The second-order valence-electron chi connectivity index (χ2n) is 11.2. The number of halogens is 1. The van der Waals surface area contributed by atoms with Crippen LogP contribution in [0.1, 0.15) is 82.3 Å². The molecule has 9 heteroatoms. The average molecular weight is 655 g/mol. The maximum atomic E-state index is 13.8. The molecule has 7 nitrogen and oxygen atoms in total. The van der Waals surface area contributed by atoms with E-state index in [9.17, 15) is 9.59 Å². The molecule has 0 radical (unpaired) electrons. The predicted molar refractivity (Wildman–Crippen MR) is 174 cm³/mol. The normalized spacial score (nSPS) is 20.4. The van der Waals surface area contributed by atoms with E-state index in [1.54, 1.807) is 6.07 Å². The molecule has 224 valence electrons. The lowest BCUT2D eigenvalue weighted by Crippen LogP contribution is -2.41. The zero-order valence-corrected chi connectivity index (χ0v) is 26.9. The Morgan fingerprint density at radius 2 is 1.69 bits per heavy atom. The minimum atomic E-state index is -0.260. The zero-order chi connectivity index (χ0) is 29.5. The molecule has 0 spiro atoms. The number of rotatable bonds is 9. The number of anilines is 1. The number of benzene rings is 2. The van der Waals surface area contributed by atoms with Crippen LogP contribution >= 0.6 is 27.7 Å². The van der Waals surface area contributed by atoms with Crippen molar-refractivity contribution in [2.45, 2.75) is 90.1 Å². The molecule has 2 saturated carbocycles. The Hall–Kier alpha value is -2.78. The number of aliphatic imine (C=N–C) groups is 1. The van der Waals surface area contributed by atoms with Gasteiger partial charge in [-0.2, -0.15) is 0 Å².